The van der Waals surface area contributed by atoms with E-state index in [-0.39, 0.29) is 11.1 Å². The Morgan fingerprint density at radius 2 is 1.76 bits per heavy atom. The molecule has 2 N–H and O–H groups in total. The van der Waals surface area contributed by atoms with Gasteiger partial charge in [0.1, 0.15) is 11.6 Å². The van der Waals surface area contributed by atoms with Gasteiger partial charge in [0.25, 0.3) is 5.91 Å². The zero-order chi connectivity index (χ0) is 15.4. The molecule has 0 fully saturated rings. The Morgan fingerprint density at radius 1 is 1.10 bits per heavy atom. The first-order valence-electron chi connectivity index (χ1n) is 6.52. The Kier molecular flexibility index (Phi) is 4.65. The number of rotatable bonds is 4. The molecule has 3 nitrogen and oxygen atoms in total. The molecular weight excluding hydrogens is 274 g/mol. The summed E-state index contributed by atoms with van der Waals surface area (Å²) in [5.41, 5.74) is 1.68. The fraction of sp³-hybridized carbons (Fsp3) is 0.188. The van der Waals surface area contributed by atoms with E-state index in [9.17, 15) is 13.6 Å². The van der Waals surface area contributed by atoms with Gasteiger partial charge in [0, 0.05) is 18.3 Å². The highest BCUT2D eigenvalue weighted by Crippen LogP contribution is 2.17. The second-order valence-electron chi connectivity index (χ2n) is 4.76. The van der Waals surface area contributed by atoms with Crippen LogP contribution in [0.5, 0.6) is 0 Å². The summed E-state index contributed by atoms with van der Waals surface area (Å²) >= 11 is 0. The van der Waals surface area contributed by atoms with Gasteiger partial charge in [-0.2, -0.15) is 0 Å². The summed E-state index contributed by atoms with van der Waals surface area (Å²) in [5.74, 6) is -2.14. The second kappa shape index (κ2) is 6.45. The van der Waals surface area contributed by atoms with E-state index in [2.05, 4.69) is 10.6 Å². The lowest BCUT2D eigenvalue weighted by Gasteiger charge is -2.08. The van der Waals surface area contributed by atoms with Crippen LogP contribution in [0, 0.1) is 18.6 Å². The van der Waals surface area contributed by atoms with Gasteiger partial charge in [-0.05, 0) is 43.3 Å². The first kappa shape index (κ1) is 15.1. The monoisotopic (exact) mass is 290 g/mol. The average Bonchev–Trinajstić information content (AvgIpc) is 2.45. The van der Waals surface area contributed by atoms with Crippen molar-refractivity contribution in [3.8, 4) is 0 Å². The normalized spacial score (nSPS) is 10.5. The largest absolute Gasteiger partial charge is 0.322 e. The number of hydrogen-bond acceptors (Lipinski definition) is 2. The predicted molar refractivity (Wildman–Crippen MR) is 78.3 cm³/mol. The molecule has 110 valence electrons. The Balaban J connectivity index is 2.16. The molecule has 0 saturated carbocycles. The van der Waals surface area contributed by atoms with E-state index in [1.165, 1.54) is 13.0 Å². The van der Waals surface area contributed by atoms with Crippen molar-refractivity contribution in [1.82, 2.24) is 5.32 Å². The zero-order valence-electron chi connectivity index (χ0n) is 11.8. The molecule has 0 saturated heterocycles. The van der Waals surface area contributed by atoms with Gasteiger partial charge in [-0.15, -0.1) is 0 Å². The Hall–Kier alpha value is -2.27. The molecule has 0 bridgehead atoms. The number of carbonyl (C=O) groups excluding carboxylic acids is 1. The lowest BCUT2D eigenvalue weighted by molar-refractivity contribution is 0.102. The SMILES string of the molecule is CNCc1ccc(NC(=O)c2cc(C)c(F)cc2F)cc1. The van der Waals surface area contributed by atoms with E-state index >= 15 is 0 Å². The minimum atomic E-state index is -0.873. The Bertz CT molecular complexity index is 654. The molecule has 0 spiro atoms. The highest BCUT2D eigenvalue weighted by molar-refractivity contribution is 6.04. The molecule has 2 aromatic rings. The van der Waals surface area contributed by atoms with Crippen LogP contribution in [-0.2, 0) is 6.54 Å². The molecule has 5 heteroatoms. The third-order valence-corrected chi connectivity index (χ3v) is 3.09. The molecule has 0 aliphatic heterocycles. The van der Waals surface area contributed by atoms with Gasteiger partial charge in [-0.1, -0.05) is 12.1 Å². The number of nitrogens with one attached hydrogen (secondary N) is 2. The summed E-state index contributed by atoms with van der Waals surface area (Å²) in [4.78, 5) is 12.0. The lowest BCUT2D eigenvalue weighted by atomic mass is 10.1. The zero-order valence-corrected chi connectivity index (χ0v) is 11.8. The van der Waals surface area contributed by atoms with Gasteiger partial charge in [0.2, 0.25) is 0 Å². The van der Waals surface area contributed by atoms with Crippen LogP contribution >= 0.6 is 0 Å². The topological polar surface area (TPSA) is 41.1 Å². The smallest absolute Gasteiger partial charge is 0.258 e. The van der Waals surface area contributed by atoms with E-state index in [1.54, 1.807) is 12.1 Å². The molecule has 2 rings (SSSR count). The van der Waals surface area contributed by atoms with E-state index in [0.29, 0.717) is 5.69 Å². The summed E-state index contributed by atoms with van der Waals surface area (Å²) in [6.07, 6.45) is 0. The number of amides is 1. The minimum Gasteiger partial charge on any atom is -0.322 e. The van der Waals surface area contributed by atoms with Crippen molar-refractivity contribution < 1.29 is 13.6 Å². The molecule has 0 radical (unpaired) electrons. The summed E-state index contributed by atoms with van der Waals surface area (Å²) < 4.78 is 26.8. The van der Waals surface area contributed by atoms with Crippen LogP contribution in [0.3, 0.4) is 0 Å². The molecule has 0 aliphatic rings. The van der Waals surface area contributed by atoms with Gasteiger partial charge in [-0.3, -0.25) is 4.79 Å². The van der Waals surface area contributed by atoms with Crippen LogP contribution in [0.1, 0.15) is 21.5 Å². The maximum Gasteiger partial charge on any atom is 0.258 e. The summed E-state index contributed by atoms with van der Waals surface area (Å²) in [6.45, 7) is 2.21. The first-order chi connectivity index (χ1) is 10.0. The van der Waals surface area contributed by atoms with Crippen molar-refractivity contribution in [2.75, 3.05) is 12.4 Å². The molecule has 0 aromatic heterocycles. The number of anilines is 1. The molecule has 0 unspecified atom stereocenters. The number of halogens is 2. The second-order valence-corrected chi connectivity index (χ2v) is 4.76. The van der Waals surface area contributed by atoms with Crippen molar-refractivity contribution in [1.29, 1.82) is 0 Å². The minimum absolute atomic E-state index is 0.173. The lowest BCUT2D eigenvalue weighted by Crippen LogP contribution is -2.14. The number of hydrogen-bond donors (Lipinski definition) is 2. The molecule has 1 amide bonds. The van der Waals surface area contributed by atoms with Crippen molar-refractivity contribution in [3.05, 3.63) is 64.7 Å². The van der Waals surface area contributed by atoms with Crippen LogP contribution in [0.2, 0.25) is 0 Å². The van der Waals surface area contributed by atoms with E-state index in [1.807, 2.05) is 19.2 Å². The quantitative estimate of drug-likeness (QED) is 0.907. The van der Waals surface area contributed by atoms with Gasteiger partial charge in [-0.25, -0.2) is 8.78 Å². The standard InChI is InChI=1S/C16H16F2N2O/c1-10-7-13(15(18)8-14(10)17)16(21)20-12-5-3-11(4-6-12)9-19-2/h3-8,19H,9H2,1-2H3,(H,20,21). The molecule has 0 aliphatic carbocycles. The summed E-state index contributed by atoms with van der Waals surface area (Å²) in [5, 5.41) is 5.61. The van der Waals surface area contributed by atoms with Crippen LogP contribution in [-0.4, -0.2) is 13.0 Å². The third-order valence-electron chi connectivity index (χ3n) is 3.09. The maximum atomic E-state index is 13.6. The van der Waals surface area contributed by atoms with Crippen LogP contribution < -0.4 is 10.6 Å². The molecular formula is C16H16F2N2O. The number of carbonyl (C=O) groups is 1. The molecule has 0 heterocycles. The molecule has 21 heavy (non-hydrogen) atoms. The van der Waals surface area contributed by atoms with Crippen LogP contribution in [0.25, 0.3) is 0 Å². The fourth-order valence-corrected chi connectivity index (χ4v) is 1.94. The number of benzene rings is 2. The summed E-state index contributed by atoms with van der Waals surface area (Å²) in [7, 11) is 1.84. The number of aryl methyl sites for hydroxylation is 1. The van der Waals surface area contributed by atoms with Crippen LogP contribution in [0.4, 0.5) is 14.5 Å². The van der Waals surface area contributed by atoms with Crippen LogP contribution in [0.15, 0.2) is 36.4 Å². The van der Waals surface area contributed by atoms with Crippen molar-refractivity contribution >= 4 is 11.6 Å². The Morgan fingerprint density at radius 3 is 2.38 bits per heavy atom. The van der Waals surface area contributed by atoms with Gasteiger partial charge in [0.05, 0.1) is 5.56 Å². The maximum absolute atomic E-state index is 13.6. The van der Waals surface area contributed by atoms with Gasteiger partial charge in [0.15, 0.2) is 0 Å². The fourth-order valence-electron chi connectivity index (χ4n) is 1.94. The van der Waals surface area contributed by atoms with Crippen molar-refractivity contribution in [2.45, 2.75) is 13.5 Å². The molecule has 0 atom stereocenters. The van der Waals surface area contributed by atoms with Gasteiger partial charge < -0.3 is 10.6 Å². The third kappa shape index (κ3) is 3.64. The van der Waals surface area contributed by atoms with E-state index < -0.39 is 17.5 Å². The van der Waals surface area contributed by atoms with Gasteiger partial charge >= 0.3 is 0 Å². The van der Waals surface area contributed by atoms with E-state index in [0.717, 1.165) is 18.2 Å². The predicted octanol–water partition coefficient (Wildman–Crippen LogP) is 3.24. The average molecular weight is 290 g/mol. The van der Waals surface area contributed by atoms with Crippen molar-refractivity contribution in [2.24, 2.45) is 0 Å². The Labute approximate surface area is 122 Å². The van der Waals surface area contributed by atoms with Crippen molar-refractivity contribution in [3.63, 3.8) is 0 Å². The van der Waals surface area contributed by atoms with E-state index in [4.69, 9.17) is 0 Å². The highest BCUT2D eigenvalue weighted by Gasteiger charge is 2.14. The molecule has 2 aromatic carbocycles. The highest BCUT2D eigenvalue weighted by atomic mass is 19.1. The summed E-state index contributed by atoms with van der Waals surface area (Å²) in [6, 6.07) is 9.12. The first-order valence-corrected chi connectivity index (χ1v) is 6.52.